The summed E-state index contributed by atoms with van der Waals surface area (Å²) in [7, 11) is 0. The van der Waals surface area contributed by atoms with Gasteiger partial charge in [-0.25, -0.2) is 0 Å². The maximum Gasteiger partial charge on any atom is 0.230 e. The number of rotatable bonds is 2. The summed E-state index contributed by atoms with van der Waals surface area (Å²) in [5.74, 6) is 0.352. The minimum Gasteiger partial charge on any atom is -0.366 e. The molecule has 5 heteroatoms. The first-order chi connectivity index (χ1) is 11.5. The maximum absolute atomic E-state index is 13.1. The third-order valence-electron chi connectivity index (χ3n) is 5.23. The van der Waals surface area contributed by atoms with E-state index < -0.39 is 0 Å². The number of hydrogen-bond acceptors (Lipinski definition) is 3. The number of piperidine rings is 1. The lowest BCUT2D eigenvalue weighted by molar-refractivity contribution is -0.133. The van der Waals surface area contributed by atoms with Gasteiger partial charge in [0.15, 0.2) is 0 Å². The van der Waals surface area contributed by atoms with Crippen LogP contribution in [-0.4, -0.2) is 48.9 Å². The summed E-state index contributed by atoms with van der Waals surface area (Å²) in [5, 5.41) is 0. The number of anilines is 2. The molecule has 3 rings (SSSR count). The fourth-order valence-electron chi connectivity index (χ4n) is 3.81. The fourth-order valence-corrected chi connectivity index (χ4v) is 3.81. The van der Waals surface area contributed by atoms with Crippen LogP contribution in [0.1, 0.15) is 33.6 Å². The van der Waals surface area contributed by atoms with Gasteiger partial charge in [0.2, 0.25) is 11.8 Å². The Labute approximate surface area is 144 Å². The molecule has 0 atom stereocenters. The summed E-state index contributed by atoms with van der Waals surface area (Å²) in [4.78, 5) is 30.7. The number of carbonyl (C=O) groups is 2. The van der Waals surface area contributed by atoms with E-state index in [-0.39, 0.29) is 17.7 Å². The highest BCUT2D eigenvalue weighted by Gasteiger charge is 2.33. The van der Waals surface area contributed by atoms with Gasteiger partial charge in [-0.1, -0.05) is 12.1 Å². The van der Waals surface area contributed by atoms with Crippen molar-refractivity contribution in [1.82, 2.24) is 4.90 Å². The molecular formula is C19H27N3O2. The standard InChI is InChI=1S/C19H27N3O2/c1-14(2)21-12-13-22(18-7-5-4-6-17(18)21)19(24)16-8-10-20(11-9-16)15(3)23/h4-7,14,16H,8-13H2,1-3H3. The van der Waals surface area contributed by atoms with Crippen LogP contribution < -0.4 is 9.80 Å². The van der Waals surface area contributed by atoms with Crippen molar-refractivity contribution >= 4 is 23.2 Å². The van der Waals surface area contributed by atoms with Gasteiger partial charge in [0.25, 0.3) is 0 Å². The normalized spacial score (nSPS) is 18.8. The van der Waals surface area contributed by atoms with Crippen LogP contribution in [0.15, 0.2) is 24.3 Å². The first-order valence-corrected chi connectivity index (χ1v) is 8.91. The second-order valence-electron chi connectivity index (χ2n) is 7.05. The van der Waals surface area contributed by atoms with Gasteiger partial charge in [0.1, 0.15) is 0 Å². The van der Waals surface area contributed by atoms with E-state index in [1.807, 2.05) is 28.0 Å². The van der Waals surface area contributed by atoms with Crippen molar-refractivity contribution in [3.05, 3.63) is 24.3 Å². The van der Waals surface area contributed by atoms with E-state index in [1.165, 1.54) is 0 Å². The highest BCUT2D eigenvalue weighted by Crippen LogP contribution is 2.35. The zero-order valence-corrected chi connectivity index (χ0v) is 14.9. The highest BCUT2D eigenvalue weighted by atomic mass is 16.2. The zero-order chi connectivity index (χ0) is 17.3. The molecule has 24 heavy (non-hydrogen) atoms. The van der Waals surface area contributed by atoms with Gasteiger partial charge in [0.05, 0.1) is 11.4 Å². The first-order valence-electron chi connectivity index (χ1n) is 8.91. The molecule has 2 aliphatic rings. The van der Waals surface area contributed by atoms with Crippen molar-refractivity contribution in [2.45, 2.75) is 39.7 Å². The molecule has 1 saturated heterocycles. The average Bonchev–Trinajstić information content (AvgIpc) is 2.60. The fraction of sp³-hybridized carbons (Fsp3) is 0.579. The summed E-state index contributed by atoms with van der Waals surface area (Å²) in [5.41, 5.74) is 2.17. The minimum absolute atomic E-state index is 0.0271. The Balaban J connectivity index is 1.76. The molecule has 0 aliphatic carbocycles. The summed E-state index contributed by atoms with van der Waals surface area (Å²) in [6.07, 6.45) is 1.54. The van der Waals surface area contributed by atoms with Gasteiger partial charge in [0, 0.05) is 45.1 Å². The van der Waals surface area contributed by atoms with Crippen molar-refractivity contribution in [3.63, 3.8) is 0 Å². The number of likely N-dealkylation sites (tertiary alicyclic amines) is 1. The Kier molecular flexibility index (Phi) is 4.78. The van der Waals surface area contributed by atoms with Crippen molar-refractivity contribution in [3.8, 4) is 0 Å². The summed E-state index contributed by atoms with van der Waals surface area (Å²) in [6.45, 7) is 8.97. The van der Waals surface area contributed by atoms with Crippen molar-refractivity contribution in [2.75, 3.05) is 36.0 Å². The molecule has 1 aromatic rings. The lowest BCUT2D eigenvalue weighted by atomic mass is 9.94. The molecular weight excluding hydrogens is 302 g/mol. The van der Waals surface area contributed by atoms with Crippen LogP contribution in [0.2, 0.25) is 0 Å². The molecule has 1 fully saturated rings. The summed E-state index contributed by atoms with van der Waals surface area (Å²) in [6, 6.07) is 8.61. The Bertz CT molecular complexity index is 621. The van der Waals surface area contributed by atoms with E-state index >= 15 is 0 Å². The minimum atomic E-state index is 0.0271. The molecule has 0 bridgehead atoms. The largest absolute Gasteiger partial charge is 0.366 e. The van der Waals surface area contributed by atoms with Gasteiger partial charge in [-0.3, -0.25) is 9.59 Å². The molecule has 0 radical (unpaired) electrons. The van der Waals surface area contributed by atoms with Crippen LogP contribution in [0, 0.1) is 5.92 Å². The third kappa shape index (κ3) is 3.12. The molecule has 0 N–H and O–H groups in total. The van der Waals surface area contributed by atoms with Crippen LogP contribution in [0.5, 0.6) is 0 Å². The summed E-state index contributed by atoms with van der Waals surface area (Å²) >= 11 is 0. The van der Waals surface area contributed by atoms with E-state index in [9.17, 15) is 9.59 Å². The third-order valence-corrected chi connectivity index (χ3v) is 5.23. The number of amides is 2. The van der Waals surface area contributed by atoms with Gasteiger partial charge < -0.3 is 14.7 Å². The lowest BCUT2D eigenvalue weighted by Gasteiger charge is -2.42. The Hall–Kier alpha value is -2.04. The molecule has 2 aliphatic heterocycles. The molecule has 2 amide bonds. The van der Waals surface area contributed by atoms with Crippen LogP contribution in [0.25, 0.3) is 0 Å². The van der Waals surface area contributed by atoms with Crippen LogP contribution >= 0.6 is 0 Å². The van der Waals surface area contributed by atoms with Crippen molar-refractivity contribution < 1.29 is 9.59 Å². The van der Waals surface area contributed by atoms with Gasteiger partial charge in [-0.2, -0.15) is 0 Å². The Morgan fingerprint density at radius 1 is 1.00 bits per heavy atom. The number of benzene rings is 1. The first kappa shape index (κ1) is 16.8. The van der Waals surface area contributed by atoms with Crippen LogP contribution in [0.4, 0.5) is 11.4 Å². The summed E-state index contributed by atoms with van der Waals surface area (Å²) < 4.78 is 0. The molecule has 1 aromatic carbocycles. The Morgan fingerprint density at radius 2 is 1.62 bits per heavy atom. The van der Waals surface area contributed by atoms with E-state index in [2.05, 4.69) is 24.8 Å². The van der Waals surface area contributed by atoms with Crippen molar-refractivity contribution in [2.24, 2.45) is 5.92 Å². The number of fused-ring (bicyclic) bond motifs is 1. The lowest BCUT2D eigenvalue weighted by Crippen LogP contribution is -2.50. The van der Waals surface area contributed by atoms with E-state index in [0.717, 1.165) is 37.3 Å². The van der Waals surface area contributed by atoms with Crippen LogP contribution in [-0.2, 0) is 9.59 Å². The van der Waals surface area contributed by atoms with Gasteiger partial charge in [-0.05, 0) is 38.8 Å². The second kappa shape index (κ2) is 6.83. The number of para-hydroxylation sites is 2. The number of carbonyl (C=O) groups excluding carboxylic acids is 2. The zero-order valence-electron chi connectivity index (χ0n) is 14.9. The average molecular weight is 329 g/mol. The van der Waals surface area contributed by atoms with Gasteiger partial charge in [-0.15, -0.1) is 0 Å². The highest BCUT2D eigenvalue weighted by molar-refractivity contribution is 5.99. The van der Waals surface area contributed by atoms with Gasteiger partial charge >= 0.3 is 0 Å². The smallest absolute Gasteiger partial charge is 0.230 e. The van der Waals surface area contributed by atoms with Crippen molar-refractivity contribution in [1.29, 1.82) is 0 Å². The number of nitrogens with zero attached hydrogens (tertiary/aromatic N) is 3. The monoisotopic (exact) mass is 329 g/mol. The molecule has 2 heterocycles. The number of hydrogen-bond donors (Lipinski definition) is 0. The SMILES string of the molecule is CC(=O)N1CCC(C(=O)N2CCN(C(C)C)c3ccccc32)CC1. The second-order valence-corrected chi connectivity index (χ2v) is 7.05. The predicted molar refractivity (Wildman–Crippen MR) is 96.3 cm³/mol. The van der Waals surface area contributed by atoms with E-state index in [1.54, 1.807) is 6.92 Å². The molecule has 5 nitrogen and oxygen atoms in total. The molecule has 130 valence electrons. The quantitative estimate of drug-likeness (QED) is 0.837. The molecule has 0 saturated carbocycles. The molecule has 0 unspecified atom stereocenters. The maximum atomic E-state index is 13.1. The molecule has 0 aromatic heterocycles. The van der Waals surface area contributed by atoms with E-state index in [0.29, 0.717) is 19.1 Å². The molecule has 0 spiro atoms. The Morgan fingerprint density at radius 3 is 2.21 bits per heavy atom. The predicted octanol–water partition coefficient (Wildman–Crippen LogP) is 2.51. The van der Waals surface area contributed by atoms with Crippen LogP contribution in [0.3, 0.4) is 0 Å². The van der Waals surface area contributed by atoms with E-state index in [4.69, 9.17) is 0 Å². The topological polar surface area (TPSA) is 43.9 Å².